The highest BCUT2D eigenvalue weighted by atomic mass is 35.5. The molecular weight excluding hydrogens is 529 g/mol. The summed E-state index contributed by atoms with van der Waals surface area (Å²) in [6, 6.07) is 11.3. The summed E-state index contributed by atoms with van der Waals surface area (Å²) in [4.78, 5) is 41.9. The third-order valence-corrected chi connectivity index (χ3v) is 7.98. The second-order valence-corrected chi connectivity index (χ2v) is 11.4. The summed E-state index contributed by atoms with van der Waals surface area (Å²) >= 11 is 12.6. The number of pyridine rings is 1. The van der Waals surface area contributed by atoms with Gasteiger partial charge in [0.1, 0.15) is 18.0 Å². The Hall–Kier alpha value is -3.21. The average Bonchev–Trinajstić information content (AvgIpc) is 3.14. The predicted molar refractivity (Wildman–Crippen MR) is 135 cm³/mol. The Morgan fingerprint density at radius 1 is 1.14 bits per heavy atom. The Morgan fingerprint density at radius 3 is 2.47 bits per heavy atom. The molecule has 1 aliphatic rings. The van der Waals surface area contributed by atoms with Gasteiger partial charge in [-0.15, -0.1) is 0 Å². The number of amides is 2. The molecule has 3 aromatic rings. The number of carbonyl (C=O) groups is 3. The first-order chi connectivity index (χ1) is 16.9. The van der Waals surface area contributed by atoms with Gasteiger partial charge in [-0.3, -0.25) is 9.59 Å². The number of halogens is 2. The quantitative estimate of drug-likeness (QED) is 0.482. The molecule has 2 heterocycles. The van der Waals surface area contributed by atoms with E-state index in [1.54, 1.807) is 42.5 Å². The van der Waals surface area contributed by atoms with Crippen molar-refractivity contribution in [2.75, 3.05) is 11.6 Å². The number of aromatic nitrogens is 1. The van der Waals surface area contributed by atoms with Crippen molar-refractivity contribution >= 4 is 61.7 Å². The fourth-order valence-electron chi connectivity index (χ4n) is 4.10. The molecule has 0 radical (unpaired) electrons. The highest BCUT2D eigenvalue weighted by Gasteiger charge is 2.42. The zero-order valence-corrected chi connectivity index (χ0v) is 21.3. The number of carbonyl (C=O) groups excluding carboxylic acids is 2. The van der Waals surface area contributed by atoms with Crippen molar-refractivity contribution < 1.29 is 27.9 Å². The second kappa shape index (κ2) is 10.0. The van der Waals surface area contributed by atoms with Gasteiger partial charge in [0.15, 0.2) is 9.84 Å². The fourth-order valence-corrected chi connectivity index (χ4v) is 6.39. The van der Waals surface area contributed by atoms with Crippen molar-refractivity contribution in [1.82, 2.24) is 15.2 Å². The Bertz CT molecular complexity index is 1470. The van der Waals surface area contributed by atoms with Crippen molar-refractivity contribution in [3.63, 3.8) is 0 Å². The first-order valence-corrected chi connectivity index (χ1v) is 13.4. The molecule has 0 aliphatic carbocycles. The molecule has 4 rings (SSSR count). The monoisotopic (exact) mass is 549 g/mol. The van der Waals surface area contributed by atoms with Crippen molar-refractivity contribution in [1.29, 1.82) is 0 Å². The zero-order valence-electron chi connectivity index (χ0n) is 18.9. The summed E-state index contributed by atoms with van der Waals surface area (Å²) in [5.41, 5.74) is 2.44. The molecule has 0 spiro atoms. The zero-order chi connectivity index (χ0) is 26.2. The molecule has 36 heavy (non-hydrogen) atoms. The largest absolute Gasteiger partial charge is 0.480 e. The van der Waals surface area contributed by atoms with E-state index in [9.17, 15) is 27.9 Å². The highest BCUT2D eigenvalue weighted by molar-refractivity contribution is 7.91. The molecule has 0 unspecified atom stereocenters. The van der Waals surface area contributed by atoms with Crippen LogP contribution in [0.5, 0.6) is 0 Å². The maximum atomic E-state index is 12.7. The molecule has 2 aromatic carbocycles. The summed E-state index contributed by atoms with van der Waals surface area (Å²) in [6.45, 7) is 1.16. The second-order valence-electron chi connectivity index (χ2n) is 8.47. The van der Waals surface area contributed by atoms with Crippen LogP contribution in [0.1, 0.15) is 12.5 Å². The van der Waals surface area contributed by atoms with Gasteiger partial charge >= 0.3 is 5.97 Å². The van der Waals surface area contributed by atoms with Crippen molar-refractivity contribution in [3.05, 3.63) is 64.1 Å². The molecule has 12 heteroatoms. The third-order valence-electron chi connectivity index (χ3n) is 5.86. The number of carboxylic acids is 1. The average molecular weight is 550 g/mol. The van der Waals surface area contributed by atoms with E-state index in [-0.39, 0.29) is 6.42 Å². The molecule has 2 N–H and O–H groups in total. The molecule has 1 aromatic heterocycles. The fraction of sp³-hybridized carbons (Fsp3) is 0.250. The van der Waals surface area contributed by atoms with Crippen LogP contribution in [0.4, 0.5) is 0 Å². The van der Waals surface area contributed by atoms with Crippen molar-refractivity contribution in [2.24, 2.45) is 0 Å². The maximum Gasteiger partial charge on any atom is 0.326 e. The molecular formula is C24H21Cl2N3O6S. The Morgan fingerprint density at radius 2 is 1.83 bits per heavy atom. The summed E-state index contributed by atoms with van der Waals surface area (Å²) in [5.74, 6) is -3.83. The summed E-state index contributed by atoms with van der Waals surface area (Å²) in [7, 11) is -3.63. The van der Waals surface area contributed by atoms with E-state index in [0.29, 0.717) is 32.4 Å². The van der Waals surface area contributed by atoms with Gasteiger partial charge in [-0.25, -0.2) is 18.2 Å². The Balaban J connectivity index is 1.55. The van der Waals surface area contributed by atoms with E-state index in [1.807, 2.05) is 6.07 Å². The molecule has 2 atom stereocenters. The Kier molecular flexibility index (Phi) is 7.21. The molecule has 0 saturated carbocycles. The number of nitrogens with zero attached hydrogens (tertiary/aromatic N) is 2. The number of carboxylic acid groups (broad SMARTS) is 1. The predicted octanol–water partition coefficient (Wildman–Crippen LogP) is 2.92. The van der Waals surface area contributed by atoms with Gasteiger partial charge in [0.25, 0.3) is 0 Å². The smallest absolute Gasteiger partial charge is 0.326 e. The van der Waals surface area contributed by atoms with E-state index in [1.165, 1.54) is 0 Å². The number of hydrogen-bond acceptors (Lipinski definition) is 6. The molecule has 0 bridgehead atoms. The number of sulfone groups is 1. The molecule has 188 valence electrons. The summed E-state index contributed by atoms with van der Waals surface area (Å²) in [6.07, 6.45) is -0.0609. The van der Waals surface area contributed by atoms with Crippen LogP contribution in [-0.2, 0) is 30.6 Å². The lowest BCUT2D eigenvalue weighted by Crippen LogP contribution is -2.52. The number of rotatable bonds is 6. The highest BCUT2D eigenvalue weighted by Crippen LogP contribution is 2.34. The van der Waals surface area contributed by atoms with Crippen LogP contribution in [0, 0.1) is 0 Å². The van der Waals surface area contributed by atoms with Crippen LogP contribution < -0.4 is 5.32 Å². The minimum atomic E-state index is -3.63. The van der Waals surface area contributed by atoms with Crippen LogP contribution in [0.15, 0.2) is 48.5 Å². The lowest BCUT2D eigenvalue weighted by molar-refractivity contribution is -0.143. The maximum absolute atomic E-state index is 12.7. The van der Waals surface area contributed by atoms with Gasteiger partial charge in [0.05, 0.1) is 27.0 Å². The van der Waals surface area contributed by atoms with Gasteiger partial charge in [0, 0.05) is 24.3 Å². The minimum Gasteiger partial charge on any atom is -0.480 e. The summed E-state index contributed by atoms with van der Waals surface area (Å²) in [5, 5.41) is 13.7. The van der Waals surface area contributed by atoms with E-state index in [2.05, 4.69) is 10.3 Å². The molecule has 1 fully saturated rings. The van der Waals surface area contributed by atoms with Gasteiger partial charge in [-0.1, -0.05) is 41.4 Å². The molecule has 1 aliphatic heterocycles. The minimum absolute atomic E-state index is 0.0609. The number of hydrogen-bond donors (Lipinski definition) is 2. The topological polar surface area (TPSA) is 134 Å². The number of aliphatic carboxylic acids is 1. The van der Waals surface area contributed by atoms with Crippen LogP contribution >= 0.6 is 23.2 Å². The van der Waals surface area contributed by atoms with Gasteiger partial charge in [-0.2, -0.15) is 0 Å². The lowest BCUT2D eigenvalue weighted by atomic mass is 10.0. The van der Waals surface area contributed by atoms with Crippen LogP contribution in [0.25, 0.3) is 22.2 Å². The van der Waals surface area contributed by atoms with E-state index in [4.69, 9.17) is 23.2 Å². The van der Waals surface area contributed by atoms with Gasteiger partial charge in [-0.05, 0) is 35.9 Å². The van der Waals surface area contributed by atoms with E-state index < -0.39 is 51.3 Å². The van der Waals surface area contributed by atoms with Crippen LogP contribution in [-0.4, -0.2) is 64.9 Å². The number of fused-ring (bicyclic) bond motifs is 1. The van der Waals surface area contributed by atoms with E-state index >= 15 is 0 Å². The van der Waals surface area contributed by atoms with Crippen molar-refractivity contribution in [3.8, 4) is 11.3 Å². The number of nitrogens with one attached hydrogen (secondary N) is 1. The SMILES string of the molecule is CC(=O)N1CS(=O)(=O)C[C@H]1C(=O)N[C@@H](Cc1ccc2nc(-c3c(Cl)cccc3Cl)ccc2c1)C(=O)O. The van der Waals surface area contributed by atoms with Crippen molar-refractivity contribution in [2.45, 2.75) is 25.4 Å². The van der Waals surface area contributed by atoms with E-state index in [0.717, 1.165) is 17.2 Å². The third kappa shape index (κ3) is 5.45. The molecule has 1 saturated heterocycles. The van der Waals surface area contributed by atoms with Crippen LogP contribution in [0.3, 0.4) is 0 Å². The first kappa shape index (κ1) is 25.9. The standard InChI is InChI=1S/C24H21Cl2N3O6S/c1-13(30)29-12-36(34,35)11-21(29)23(31)28-20(24(32)33)10-14-5-7-18-15(9-14)6-8-19(27-18)22-16(25)3-2-4-17(22)26/h2-9,20-21H,10-12H2,1H3,(H,28,31)(H,32,33)/t20-,21-/m0/s1. The van der Waals surface area contributed by atoms with Crippen LogP contribution in [0.2, 0.25) is 10.0 Å². The Labute approximate surface area is 216 Å². The molecule has 2 amide bonds. The lowest BCUT2D eigenvalue weighted by Gasteiger charge is -2.23. The molecule has 9 nitrogen and oxygen atoms in total. The first-order valence-electron chi connectivity index (χ1n) is 10.8. The number of benzene rings is 2. The normalized spacial score (nSPS) is 17.6. The van der Waals surface area contributed by atoms with Gasteiger partial charge < -0.3 is 15.3 Å². The van der Waals surface area contributed by atoms with Gasteiger partial charge in [0.2, 0.25) is 11.8 Å². The summed E-state index contributed by atoms with van der Waals surface area (Å²) < 4.78 is 23.9.